The summed E-state index contributed by atoms with van der Waals surface area (Å²) in [6, 6.07) is 8.76. The van der Waals surface area contributed by atoms with E-state index in [9.17, 15) is 9.59 Å². The highest BCUT2D eigenvalue weighted by atomic mass is 35.5. The molecule has 0 saturated heterocycles. The van der Waals surface area contributed by atoms with E-state index in [4.69, 9.17) is 11.6 Å². The number of carbonyl (C=O) groups is 2. The Labute approximate surface area is 171 Å². The molecule has 1 unspecified atom stereocenters. The SMILES string of the molecule is CN(C)C(=O)n1cc(C(=O)C2=CSC(c3cccnc3)N2)c2ccc(Cl)cc21. The molecular weight excluding hydrogens is 396 g/mol. The van der Waals surface area contributed by atoms with Gasteiger partial charge in [-0.05, 0) is 18.2 Å². The van der Waals surface area contributed by atoms with Gasteiger partial charge in [0.1, 0.15) is 5.37 Å². The molecule has 0 radical (unpaired) electrons. The maximum absolute atomic E-state index is 13.2. The summed E-state index contributed by atoms with van der Waals surface area (Å²) in [6.07, 6.45) is 5.07. The van der Waals surface area contributed by atoms with Gasteiger partial charge in [-0.2, -0.15) is 0 Å². The number of nitrogens with zero attached hydrogens (tertiary/aromatic N) is 3. The Morgan fingerprint density at radius 2 is 2.11 bits per heavy atom. The van der Waals surface area contributed by atoms with Gasteiger partial charge in [0.2, 0.25) is 5.78 Å². The summed E-state index contributed by atoms with van der Waals surface area (Å²) in [5, 5.41) is 6.17. The van der Waals surface area contributed by atoms with Crippen LogP contribution in [0.15, 0.2) is 60.0 Å². The molecule has 4 rings (SSSR count). The zero-order valence-corrected chi connectivity index (χ0v) is 16.8. The van der Waals surface area contributed by atoms with E-state index in [1.54, 1.807) is 50.9 Å². The molecular formula is C20H17ClN4O2S. The molecule has 142 valence electrons. The fourth-order valence-corrected chi connectivity index (χ4v) is 4.16. The van der Waals surface area contributed by atoms with Crippen LogP contribution in [0.3, 0.4) is 0 Å². The van der Waals surface area contributed by atoms with Crippen molar-refractivity contribution in [2.75, 3.05) is 14.1 Å². The zero-order chi connectivity index (χ0) is 19.8. The predicted octanol–water partition coefficient (Wildman–Crippen LogP) is 4.28. The highest BCUT2D eigenvalue weighted by Crippen LogP contribution is 2.36. The normalized spacial score (nSPS) is 16.0. The minimum absolute atomic E-state index is 0.0705. The molecule has 0 aliphatic carbocycles. The number of fused-ring (bicyclic) bond motifs is 1. The van der Waals surface area contributed by atoms with E-state index in [1.807, 2.05) is 17.5 Å². The topological polar surface area (TPSA) is 67.2 Å². The average molecular weight is 413 g/mol. The van der Waals surface area contributed by atoms with Crippen LogP contribution in [0.1, 0.15) is 21.3 Å². The summed E-state index contributed by atoms with van der Waals surface area (Å²) in [6.45, 7) is 0. The van der Waals surface area contributed by atoms with E-state index in [0.717, 1.165) is 5.56 Å². The highest BCUT2D eigenvalue weighted by molar-refractivity contribution is 8.02. The molecule has 0 saturated carbocycles. The van der Waals surface area contributed by atoms with Crippen molar-refractivity contribution < 1.29 is 9.59 Å². The second-order valence-corrected chi connectivity index (χ2v) is 7.97. The van der Waals surface area contributed by atoms with E-state index in [1.165, 1.54) is 21.2 Å². The first kappa shape index (κ1) is 18.6. The van der Waals surface area contributed by atoms with Crippen LogP contribution >= 0.6 is 23.4 Å². The number of pyridine rings is 1. The molecule has 28 heavy (non-hydrogen) atoms. The number of carbonyl (C=O) groups excluding carboxylic acids is 2. The number of halogens is 1. The van der Waals surface area contributed by atoms with Crippen LogP contribution in [0.5, 0.6) is 0 Å². The lowest BCUT2D eigenvalue weighted by Gasteiger charge is -2.12. The van der Waals surface area contributed by atoms with Gasteiger partial charge in [0.05, 0.1) is 16.8 Å². The number of ketones is 1. The highest BCUT2D eigenvalue weighted by Gasteiger charge is 2.27. The molecule has 0 fully saturated rings. The van der Waals surface area contributed by atoms with Crippen LogP contribution < -0.4 is 5.32 Å². The van der Waals surface area contributed by atoms with Crippen LogP contribution in [0.4, 0.5) is 4.79 Å². The summed E-state index contributed by atoms with van der Waals surface area (Å²) in [5.41, 5.74) is 2.53. The van der Waals surface area contributed by atoms with Crippen LogP contribution in [0.2, 0.25) is 5.02 Å². The van der Waals surface area contributed by atoms with Crippen molar-refractivity contribution in [3.05, 3.63) is 76.2 Å². The third-order valence-corrected chi connectivity index (χ3v) is 5.71. The average Bonchev–Trinajstić information content (AvgIpc) is 3.32. The second-order valence-electron chi connectivity index (χ2n) is 6.56. The maximum Gasteiger partial charge on any atom is 0.328 e. The van der Waals surface area contributed by atoms with Crippen LogP contribution in [-0.2, 0) is 0 Å². The summed E-state index contributed by atoms with van der Waals surface area (Å²) >= 11 is 7.64. The Bertz CT molecular complexity index is 1110. The van der Waals surface area contributed by atoms with Crippen molar-refractivity contribution in [1.82, 2.24) is 19.8 Å². The predicted molar refractivity (Wildman–Crippen MR) is 112 cm³/mol. The Morgan fingerprint density at radius 3 is 2.82 bits per heavy atom. The molecule has 0 spiro atoms. The Hall–Kier alpha value is -2.77. The lowest BCUT2D eigenvalue weighted by molar-refractivity contribution is 0.102. The Balaban J connectivity index is 1.69. The number of amides is 1. The number of aromatic nitrogens is 2. The fourth-order valence-electron chi connectivity index (χ4n) is 3.06. The number of Topliss-reactive ketones (excluding diaryl/α,β-unsaturated/α-hetero) is 1. The summed E-state index contributed by atoms with van der Waals surface area (Å²) in [5.74, 6) is -0.170. The van der Waals surface area contributed by atoms with Crippen molar-refractivity contribution in [1.29, 1.82) is 0 Å². The summed E-state index contributed by atoms with van der Waals surface area (Å²) < 4.78 is 1.45. The molecule has 1 amide bonds. The number of hydrogen-bond acceptors (Lipinski definition) is 5. The first-order valence-corrected chi connectivity index (χ1v) is 9.87. The quantitative estimate of drug-likeness (QED) is 0.650. The van der Waals surface area contributed by atoms with Gasteiger partial charge in [-0.25, -0.2) is 4.79 Å². The Morgan fingerprint density at radius 1 is 1.29 bits per heavy atom. The van der Waals surface area contributed by atoms with Gasteiger partial charge in [-0.3, -0.25) is 14.3 Å². The van der Waals surface area contributed by atoms with E-state index < -0.39 is 0 Å². The van der Waals surface area contributed by atoms with Crippen molar-refractivity contribution in [2.24, 2.45) is 0 Å². The van der Waals surface area contributed by atoms with Crippen LogP contribution in [0, 0.1) is 0 Å². The molecule has 1 atom stereocenters. The van der Waals surface area contributed by atoms with Gasteiger partial charge in [-0.15, -0.1) is 11.8 Å². The van der Waals surface area contributed by atoms with Crippen molar-refractivity contribution in [3.63, 3.8) is 0 Å². The van der Waals surface area contributed by atoms with Gasteiger partial charge in [0.15, 0.2) is 0 Å². The van der Waals surface area contributed by atoms with Crippen molar-refractivity contribution >= 4 is 46.1 Å². The molecule has 0 bridgehead atoms. The minimum Gasteiger partial charge on any atom is -0.366 e. The van der Waals surface area contributed by atoms with Crippen molar-refractivity contribution in [2.45, 2.75) is 5.37 Å². The molecule has 6 nitrogen and oxygen atoms in total. The molecule has 1 aromatic carbocycles. The van der Waals surface area contributed by atoms with E-state index in [2.05, 4.69) is 10.3 Å². The minimum atomic E-state index is -0.248. The molecule has 2 aromatic heterocycles. The third-order valence-electron chi connectivity index (χ3n) is 4.44. The molecule has 3 aromatic rings. The van der Waals surface area contributed by atoms with E-state index in [-0.39, 0.29) is 17.2 Å². The van der Waals surface area contributed by atoms with Crippen molar-refractivity contribution in [3.8, 4) is 0 Å². The third kappa shape index (κ3) is 3.27. The fraction of sp³-hybridized carbons (Fsp3) is 0.150. The number of allylic oxidation sites excluding steroid dienone is 1. The number of thioether (sulfide) groups is 1. The molecule has 8 heteroatoms. The first-order chi connectivity index (χ1) is 13.5. The van der Waals surface area contributed by atoms with Gasteiger partial charge in [0.25, 0.3) is 0 Å². The van der Waals surface area contributed by atoms with E-state index >= 15 is 0 Å². The maximum atomic E-state index is 13.2. The molecule has 3 heterocycles. The lowest BCUT2D eigenvalue weighted by Crippen LogP contribution is -2.26. The lowest BCUT2D eigenvalue weighted by atomic mass is 10.1. The smallest absolute Gasteiger partial charge is 0.328 e. The molecule has 1 N–H and O–H groups in total. The largest absolute Gasteiger partial charge is 0.366 e. The van der Waals surface area contributed by atoms with Gasteiger partial charge in [0, 0.05) is 54.1 Å². The monoisotopic (exact) mass is 412 g/mol. The second kappa shape index (κ2) is 7.33. The number of hydrogen-bond donors (Lipinski definition) is 1. The zero-order valence-electron chi connectivity index (χ0n) is 15.2. The number of rotatable bonds is 3. The summed E-state index contributed by atoms with van der Waals surface area (Å²) in [4.78, 5) is 31.3. The first-order valence-electron chi connectivity index (χ1n) is 8.55. The molecule has 1 aliphatic heterocycles. The summed E-state index contributed by atoms with van der Waals surface area (Å²) in [7, 11) is 3.33. The van der Waals surface area contributed by atoms with Gasteiger partial charge < -0.3 is 10.2 Å². The Kier molecular flexibility index (Phi) is 4.87. The van der Waals surface area contributed by atoms with Crippen LogP contribution in [-0.4, -0.2) is 40.4 Å². The van der Waals surface area contributed by atoms with Gasteiger partial charge >= 0.3 is 6.03 Å². The van der Waals surface area contributed by atoms with Gasteiger partial charge in [-0.1, -0.05) is 23.7 Å². The number of nitrogens with one attached hydrogen (secondary N) is 1. The van der Waals surface area contributed by atoms with Crippen LogP contribution in [0.25, 0.3) is 10.9 Å². The molecule has 1 aliphatic rings. The van der Waals surface area contributed by atoms with E-state index in [0.29, 0.717) is 27.2 Å². The standard InChI is InChI=1S/C20H17ClN4O2S/c1-24(2)20(27)25-10-15(14-6-5-13(21)8-17(14)25)18(26)16-11-28-19(23-16)12-4-3-7-22-9-12/h3-11,19,23H,1-2H3. The number of benzene rings is 1.